The maximum absolute atomic E-state index is 13.8. The number of allylic oxidation sites excluding steroid dienone is 1. The van der Waals surface area contributed by atoms with Crippen molar-refractivity contribution in [3.63, 3.8) is 0 Å². The third-order valence-corrected chi connectivity index (χ3v) is 7.40. The summed E-state index contributed by atoms with van der Waals surface area (Å²) in [4.78, 5) is 43.2. The second kappa shape index (κ2) is 12.9. The van der Waals surface area contributed by atoms with Gasteiger partial charge < -0.3 is 9.47 Å². The minimum Gasteiger partial charge on any atom is -0.494 e. The Bertz CT molecular complexity index is 1600. The fourth-order valence-corrected chi connectivity index (χ4v) is 5.46. The molecule has 0 aliphatic carbocycles. The Labute approximate surface area is 236 Å². The van der Waals surface area contributed by atoms with Crippen molar-refractivity contribution >= 4 is 29.1 Å². The minimum atomic E-state index is -0.780. The lowest BCUT2D eigenvalue weighted by molar-refractivity contribution is -0.385. The summed E-state index contributed by atoms with van der Waals surface area (Å²) in [6.07, 6.45) is 4.65. The van der Waals surface area contributed by atoms with Crippen LogP contribution in [0.25, 0.3) is 6.08 Å². The molecular formula is C30H33N3O6S. The molecule has 1 aliphatic heterocycles. The summed E-state index contributed by atoms with van der Waals surface area (Å²) in [7, 11) is 0. The van der Waals surface area contributed by atoms with E-state index in [1.165, 1.54) is 16.7 Å². The van der Waals surface area contributed by atoms with Crippen LogP contribution >= 0.6 is 11.3 Å². The van der Waals surface area contributed by atoms with Crippen molar-refractivity contribution in [1.29, 1.82) is 0 Å². The highest BCUT2D eigenvalue weighted by molar-refractivity contribution is 7.07. The largest absolute Gasteiger partial charge is 0.494 e. The summed E-state index contributed by atoms with van der Waals surface area (Å²) in [5, 5.41) is 11.5. The second-order valence-corrected chi connectivity index (χ2v) is 11.0. The van der Waals surface area contributed by atoms with E-state index in [-0.39, 0.29) is 28.3 Å². The van der Waals surface area contributed by atoms with Gasteiger partial charge in [0.25, 0.3) is 11.2 Å². The molecule has 0 N–H and O–H groups in total. The van der Waals surface area contributed by atoms with Crippen LogP contribution in [0.1, 0.15) is 64.1 Å². The van der Waals surface area contributed by atoms with Gasteiger partial charge >= 0.3 is 5.97 Å². The van der Waals surface area contributed by atoms with E-state index in [0.29, 0.717) is 34.0 Å². The monoisotopic (exact) mass is 563 g/mol. The second-order valence-electron chi connectivity index (χ2n) is 10.0. The number of ether oxygens (including phenoxy) is 2. The van der Waals surface area contributed by atoms with E-state index in [0.717, 1.165) is 30.6 Å². The van der Waals surface area contributed by atoms with Gasteiger partial charge in [0, 0.05) is 6.07 Å². The normalized spacial score (nSPS) is 15.1. The van der Waals surface area contributed by atoms with Crippen LogP contribution < -0.4 is 19.6 Å². The minimum absolute atomic E-state index is 0.103. The maximum atomic E-state index is 13.8. The van der Waals surface area contributed by atoms with E-state index in [1.807, 2.05) is 38.1 Å². The molecule has 0 saturated carbocycles. The van der Waals surface area contributed by atoms with E-state index in [2.05, 4.69) is 11.9 Å². The van der Waals surface area contributed by atoms with Crippen LogP contribution in [-0.2, 0) is 9.53 Å². The summed E-state index contributed by atoms with van der Waals surface area (Å²) < 4.78 is 13.2. The molecule has 0 spiro atoms. The Morgan fingerprint density at radius 3 is 2.58 bits per heavy atom. The van der Waals surface area contributed by atoms with E-state index in [4.69, 9.17) is 9.47 Å². The number of carbonyl (C=O) groups is 1. The molecule has 40 heavy (non-hydrogen) atoms. The number of carbonyl (C=O) groups excluding carboxylic acids is 1. The van der Waals surface area contributed by atoms with Gasteiger partial charge in [0.15, 0.2) is 4.80 Å². The third-order valence-electron chi connectivity index (χ3n) is 6.42. The molecular weight excluding hydrogens is 530 g/mol. The highest BCUT2D eigenvalue weighted by atomic mass is 32.1. The molecule has 0 amide bonds. The predicted octanol–water partition coefficient (Wildman–Crippen LogP) is 4.91. The van der Waals surface area contributed by atoms with Crippen LogP contribution in [-0.4, -0.2) is 28.7 Å². The van der Waals surface area contributed by atoms with E-state index < -0.39 is 22.5 Å². The van der Waals surface area contributed by atoms with Gasteiger partial charge in [0.2, 0.25) is 0 Å². The van der Waals surface area contributed by atoms with Crippen molar-refractivity contribution in [3.8, 4) is 5.75 Å². The van der Waals surface area contributed by atoms with Crippen LogP contribution in [0.15, 0.2) is 69.6 Å². The number of benzene rings is 2. The van der Waals surface area contributed by atoms with Crippen LogP contribution in [0.2, 0.25) is 0 Å². The number of aromatic nitrogens is 1. The zero-order chi connectivity index (χ0) is 28.8. The van der Waals surface area contributed by atoms with Gasteiger partial charge in [0.05, 0.1) is 45.5 Å². The summed E-state index contributed by atoms with van der Waals surface area (Å²) in [5.41, 5.74) is 1.25. The third kappa shape index (κ3) is 6.39. The number of hydrogen-bond donors (Lipinski definition) is 0. The molecule has 10 heteroatoms. The first-order valence-electron chi connectivity index (χ1n) is 13.4. The van der Waals surface area contributed by atoms with Gasteiger partial charge in [-0.15, -0.1) is 0 Å². The molecule has 0 radical (unpaired) electrons. The molecule has 210 valence electrons. The van der Waals surface area contributed by atoms with Gasteiger partial charge in [-0.25, -0.2) is 9.79 Å². The predicted molar refractivity (Wildman–Crippen MR) is 154 cm³/mol. The first-order chi connectivity index (χ1) is 19.2. The Morgan fingerprint density at radius 2 is 1.90 bits per heavy atom. The highest BCUT2D eigenvalue weighted by Gasteiger charge is 2.33. The van der Waals surface area contributed by atoms with Gasteiger partial charge in [-0.2, -0.15) is 0 Å². The lowest BCUT2D eigenvalue weighted by Gasteiger charge is -2.25. The van der Waals surface area contributed by atoms with Gasteiger partial charge in [0.1, 0.15) is 5.75 Å². The van der Waals surface area contributed by atoms with Crippen molar-refractivity contribution in [2.24, 2.45) is 10.9 Å². The zero-order valence-corrected chi connectivity index (χ0v) is 23.9. The first-order valence-corrected chi connectivity index (χ1v) is 14.2. The number of esters is 1. The number of para-hydroxylation sites is 1. The quantitative estimate of drug-likeness (QED) is 0.142. The summed E-state index contributed by atoms with van der Waals surface area (Å²) in [5.74, 6) is 0.302. The number of fused-ring (bicyclic) bond motifs is 1. The smallest absolute Gasteiger partial charge is 0.338 e. The lowest BCUT2D eigenvalue weighted by Crippen LogP contribution is -2.40. The molecule has 0 bridgehead atoms. The summed E-state index contributed by atoms with van der Waals surface area (Å²) in [6.45, 7) is 8.60. The van der Waals surface area contributed by atoms with Crippen LogP contribution in [0.4, 0.5) is 5.69 Å². The Balaban J connectivity index is 1.82. The van der Waals surface area contributed by atoms with E-state index in [9.17, 15) is 19.7 Å². The number of hydrogen-bond acceptors (Lipinski definition) is 8. The first kappa shape index (κ1) is 28.9. The van der Waals surface area contributed by atoms with Crippen molar-refractivity contribution in [1.82, 2.24) is 4.57 Å². The number of nitrogens with zero attached hydrogens (tertiary/aromatic N) is 3. The molecule has 1 unspecified atom stereocenters. The van der Waals surface area contributed by atoms with Gasteiger partial charge in [-0.3, -0.25) is 19.5 Å². The molecule has 1 aliphatic rings. The maximum Gasteiger partial charge on any atom is 0.338 e. The molecule has 0 fully saturated rings. The zero-order valence-electron chi connectivity index (χ0n) is 23.1. The van der Waals surface area contributed by atoms with Crippen LogP contribution in [0.3, 0.4) is 0 Å². The van der Waals surface area contributed by atoms with Crippen LogP contribution in [0.5, 0.6) is 5.75 Å². The molecule has 4 rings (SSSR count). The van der Waals surface area contributed by atoms with Crippen molar-refractivity contribution < 1.29 is 19.2 Å². The molecule has 9 nitrogen and oxygen atoms in total. The molecule has 1 aromatic heterocycles. The number of thiazole rings is 1. The Morgan fingerprint density at radius 1 is 1.18 bits per heavy atom. The van der Waals surface area contributed by atoms with E-state index in [1.54, 1.807) is 25.1 Å². The standard InChI is InChI=1S/C30H33N3O6S/c1-5-6-9-16-38-23-14-12-21(13-15-23)27-26(29(35)39-18-19(2)3)20(4)31-30-32(27)28(34)25(40-30)17-22-10-7-8-11-24(22)33(36)37/h7-8,10-15,17,19,27H,5-6,9,16,18H2,1-4H3/b25-17-. The average molecular weight is 564 g/mol. The van der Waals surface area contributed by atoms with E-state index >= 15 is 0 Å². The van der Waals surface area contributed by atoms with Gasteiger partial charge in [-0.1, -0.05) is 69.2 Å². The number of unbranched alkanes of at least 4 members (excludes halogenated alkanes) is 2. The summed E-state index contributed by atoms with van der Waals surface area (Å²) >= 11 is 1.12. The number of nitro groups is 1. The highest BCUT2D eigenvalue weighted by Crippen LogP contribution is 2.32. The fraction of sp³-hybridized carbons (Fsp3) is 0.367. The molecule has 2 aromatic carbocycles. The lowest BCUT2D eigenvalue weighted by atomic mass is 9.96. The SMILES string of the molecule is CCCCCOc1ccc(C2C(C(=O)OCC(C)C)=C(C)N=c3s/c(=C\c4ccccc4[N+](=O)[O-])c(=O)n32)cc1. The molecule has 3 aromatic rings. The Kier molecular flexibility index (Phi) is 9.31. The number of nitro benzene ring substituents is 1. The van der Waals surface area contributed by atoms with Crippen LogP contribution in [0, 0.1) is 16.0 Å². The van der Waals surface area contributed by atoms with Crippen molar-refractivity contribution in [3.05, 3.63) is 101 Å². The molecule has 2 heterocycles. The average Bonchev–Trinajstić information content (AvgIpc) is 3.23. The molecule has 0 saturated heterocycles. The topological polar surface area (TPSA) is 113 Å². The Hall–Kier alpha value is -4.05. The van der Waals surface area contributed by atoms with Crippen molar-refractivity contribution in [2.75, 3.05) is 13.2 Å². The summed E-state index contributed by atoms with van der Waals surface area (Å²) in [6, 6.07) is 12.8. The number of rotatable bonds is 11. The molecule has 1 atom stereocenters. The fourth-order valence-electron chi connectivity index (χ4n) is 4.42. The van der Waals surface area contributed by atoms with Crippen molar-refractivity contribution in [2.45, 2.75) is 53.0 Å². The van der Waals surface area contributed by atoms with Gasteiger partial charge in [-0.05, 0) is 49.1 Å².